The molecule has 1 saturated carbocycles. The van der Waals surface area contributed by atoms with E-state index in [1.54, 1.807) is 16.7 Å². The van der Waals surface area contributed by atoms with E-state index in [2.05, 4.69) is 11.4 Å². The zero-order valence-corrected chi connectivity index (χ0v) is 14.5. The molecular formula is C16H21N3O4S. The van der Waals surface area contributed by atoms with Gasteiger partial charge in [-0.3, -0.25) is 9.59 Å². The third-order valence-corrected chi connectivity index (χ3v) is 6.62. The number of esters is 1. The highest BCUT2D eigenvalue weighted by atomic mass is 32.2. The van der Waals surface area contributed by atoms with Crippen LogP contribution in [0.2, 0.25) is 0 Å². The average molecular weight is 351 g/mol. The minimum absolute atomic E-state index is 0.0386. The molecule has 3 fully saturated rings. The van der Waals surface area contributed by atoms with E-state index < -0.39 is 30.1 Å². The number of hydrogen-bond donors (Lipinski definition) is 1. The molecule has 0 bridgehead atoms. The summed E-state index contributed by atoms with van der Waals surface area (Å²) in [6, 6.07) is 1.54. The Labute approximate surface area is 145 Å². The Hall–Kier alpha value is -1.75. The fraction of sp³-hybridized carbons (Fsp3) is 0.750. The summed E-state index contributed by atoms with van der Waals surface area (Å²) < 4.78 is 5.12. The number of carbonyl (C=O) groups is 3. The van der Waals surface area contributed by atoms with Crippen LogP contribution in [-0.4, -0.2) is 51.5 Å². The van der Waals surface area contributed by atoms with E-state index in [-0.39, 0.29) is 10.8 Å². The van der Waals surface area contributed by atoms with Crippen LogP contribution in [0.4, 0.5) is 0 Å². The summed E-state index contributed by atoms with van der Waals surface area (Å²) >= 11 is 1.58. The zero-order chi connectivity index (χ0) is 17.4. The van der Waals surface area contributed by atoms with E-state index in [1.165, 1.54) is 0 Å². The van der Waals surface area contributed by atoms with Crippen LogP contribution in [0.15, 0.2) is 0 Å². The van der Waals surface area contributed by atoms with Gasteiger partial charge in [0, 0.05) is 12.2 Å². The molecular weight excluding hydrogens is 330 g/mol. The van der Waals surface area contributed by atoms with E-state index in [9.17, 15) is 19.6 Å². The minimum Gasteiger partial charge on any atom is -0.454 e. The highest BCUT2D eigenvalue weighted by Crippen LogP contribution is 2.47. The van der Waals surface area contributed by atoms with Crippen LogP contribution in [0, 0.1) is 11.3 Å². The summed E-state index contributed by atoms with van der Waals surface area (Å²) in [5.41, 5.74) is -0.823. The number of fused-ring (bicyclic) bond motifs is 1. The first-order valence-corrected chi connectivity index (χ1v) is 9.23. The number of nitriles is 1. The normalized spacial score (nSPS) is 30.8. The summed E-state index contributed by atoms with van der Waals surface area (Å²) in [5.74, 6) is -0.560. The Balaban J connectivity index is 1.53. The molecule has 2 amide bonds. The lowest BCUT2D eigenvalue weighted by atomic mass is 10.00. The van der Waals surface area contributed by atoms with Crippen LogP contribution in [0.1, 0.15) is 45.4 Å². The highest BCUT2D eigenvalue weighted by molar-refractivity contribution is 8.01. The van der Waals surface area contributed by atoms with E-state index in [0.717, 1.165) is 19.3 Å². The summed E-state index contributed by atoms with van der Waals surface area (Å²) in [5, 5.41) is 11.9. The molecule has 0 aromatic carbocycles. The van der Waals surface area contributed by atoms with Crippen LogP contribution in [-0.2, 0) is 19.1 Å². The van der Waals surface area contributed by atoms with Crippen molar-refractivity contribution in [2.75, 3.05) is 12.4 Å². The predicted molar refractivity (Wildman–Crippen MR) is 86.6 cm³/mol. The largest absolute Gasteiger partial charge is 0.454 e. The second-order valence-corrected chi connectivity index (χ2v) is 8.32. The van der Waals surface area contributed by atoms with Crippen LogP contribution < -0.4 is 5.32 Å². The third-order valence-electron chi connectivity index (χ3n) is 5.11. The quantitative estimate of drug-likeness (QED) is 0.757. The molecule has 2 aliphatic heterocycles. The van der Waals surface area contributed by atoms with Gasteiger partial charge in [-0.1, -0.05) is 0 Å². The van der Waals surface area contributed by atoms with Gasteiger partial charge >= 0.3 is 5.97 Å². The molecule has 1 aliphatic carbocycles. The maximum Gasteiger partial charge on any atom is 0.330 e. The standard InChI is InChI=1S/C16H21N3O4S/c1-15-7-4-13(21)19(15)11(9-24-15)14(22)23-8-12(20)18-16(10-17)5-2-3-6-16/h11H,2-9H2,1H3,(H,18,20)/t11-,15-/m0/s1. The Bertz CT molecular complexity index is 611. The van der Waals surface area contributed by atoms with Crippen molar-refractivity contribution in [1.82, 2.24) is 10.2 Å². The lowest BCUT2D eigenvalue weighted by molar-refractivity contribution is -0.156. The molecule has 130 valence electrons. The van der Waals surface area contributed by atoms with Crippen molar-refractivity contribution >= 4 is 29.5 Å². The molecule has 3 rings (SSSR count). The van der Waals surface area contributed by atoms with E-state index >= 15 is 0 Å². The SMILES string of the molecule is C[C@]12CCC(=O)N1[C@H](C(=O)OCC(=O)NC1(C#N)CCCC1)CS2. The molecule has 7 nitrogen and oxygen atoms in total. The molecule has 3 aliphatic rings. The number of carbonyl (C=O) groups excluding carboxylic acids is 3. The number of thioether (sulfide) groups is 1. The predicted octanol–water partition coefficient (Wildman–Crippen LogP) is 0.936. The van der Waals surface area contributed by atoms with Crippen molar-refractivity contribution in [3.63, 3.8) is 0 Å². The zero-order valence-electron chi connectivity index (χ0n) is 13.7. The van der Waals surface area contributed by atoms with Gasteiger partial charge in [-0.25, -0.2) is 4.79 Å². The summed E-state index contributed by atoms with van der Waals surface area (Å²) in [4.78, 5) is 37.6. The molecule has 0 spiro atoms. The number of amides is 2. The third kappa shape index (κ3) is 2.97. The topological polar surface area (TPSA) is 99.5 Å². The summed E-state index contributed by atoms with van der Waals surface area (Å²) in [7, 11) is 0. The number of nitrogens with zero attached hydrogens (tertiary/aromatic N) is 2. The van der Waals surface area contributed by atoms with Crippen molar-refractivity contribution < 1.29 is 19.1 Å². The number of ether oxygens (including phenoxy) is 1. The lowest BCUT2D eigenvalue weighted by Gasteiger charge is -2.29. The molecule has 0 aromatic heterocycles. The van der Waals surface area contributed by atoms with Crippen molar-refractivity contribution in [1.29, 1.82) is 5.26 Å². The van der Waals surface area contributed by atoms with Gasteiger partial charge in [0.05, 0.1) is 10.9 Å². The number of hydrogen-bond acceptors (Lipinski definition) is 6. The average Bonchev–Trinajstić information content (AvgIpc) is 3.22. The highest BCUT2D eigenvalue weighted by Gasteiger charge is 2.53. The molecule has 24 heavy (non-hydrogen) atoms. The monoisotopic (exact) mass is 351 g/mol. The van der Waals surface area contributed by atoms with Crippen molar-refractivity contribution in [2.24, 2.45) is 0 Å². The molecule has 2 atom stereocenters. The second-order valence-electron chi connectivity index (χ2n) is 6.82. The van der Waals surface area contributed by atoms with Crippen molar-refractivity contribution in [3.8, 4) is 6.07 Å². The van der Waals surface area contributed by atoms with Gasteiger partial charge in [0.25, 0.3) is 5.91 Å². The van der Waals surface area contributed by atoms with E-state index in [0.29, 0.717) is 25.0 Å². The number of nitrogens with one attached hydrogen (secondary N) is 1. The Morgan fingerprint density at radius 3 is 2.79 bits per heavy atom. The van der Waals surface area contributed by atoms with Gasteiger partial charge in [0.1, 0.15) is 11.6 Å². The Morgan fingerprint density at radius 1 is 1.42 bits per heavy atom. The van der Waals surface area contributed by atoms with Gasteiger partial charge < -0.3 is 15.0 Å². The number of rotatable bonds is 4. The lowest BCUT2D eigenvalue weighted by Crippen LogP contribution is -2.49. The van der Waals surface area contributed by atoms with Gasteiger partial charge in [0.15, 0.2) is 6.61 Å². The van der Waals surface area contributed by atoms with Gasteiger partial charge in [-0.2, -0.15) is 5.26 Å². The van der Waals surface area contributed by atoms with Crippen molar-refractivity contribution in [2.45, 2.75) is 61.9 Å². The molecule has 0 aromatic rings. The van der Waals surface area contributed by atoms with Crippen LogP contribution in [0.3, 0.4) is 0 Å². The van der Waals surface area contributed by atoms with Crippen LogP contribution in [0.5, 0.6) is 0 Å². The Morgan fingerprint density at radius 2 is 2.12 bits per heavy atom. The second kappa shape index (κ2) is 6.28. The molecule has 8 heteroatoms. The first-order valence-electron chi connectivity index (χ1n) is 8.24. The van der Waals surface area contributed by atoms with E-state index in [1.807, 2.05) is 6.92 Å². The van der Waals surface area contributed by atoms with Crippen LogP contribution in [0.25, 0.3) is 0 Å². The Kier molecular flexibility index (Phi) is 4.47. The van der Waals surface area contributed by atoms with Gasteiger partial charge in [-0.05, 0) is 39.0 Å². The fourth-order valence-electron chi connectivity index (χ4n) is 3.77. The molecule has 0 radical (unpaired) electrons. The maximum atomic E-state index is 12.3. The van der Waals surface area contributed by atoms with Gasteiger partial charge in [-0.15, -0.1) is 11.8 Å². The van der Waals surface area contributed by atoms with E-state index in [4.69, 9.17) is 4.74 Å². The summed E-state index contributed by atoms with van der Waals surface area (Å²) in [6.07, 6.45) is 4.24. The smallest absolute Gasteiger partial charge is 0.330 e. The first-order chi connectivity index (χ1) is 11.4. The minimum atomic E-state index is -0.823. The summed E-state index contributed by atoms with van der Waals surface area (Å²) in [6.45, 7) is 1.54. The molecule has 2 heterocycles. The van der Waals surface area contributed by atoms with Crippen molar-refractivity contribution in [3.05, 3.63) is 0 Å². The first kappa shape index (κ1) is 17.1. The molecule has 2 saturated heterocycles. The fourth-order valence-corrected chi connectivity index (χ4v) is 5.19. The van der Waals surface area contributed by atoms with Crippen LogP contribution >= 0.6 is 11.8 Å². The maximum absolute atomic E-state index is 12.3. The molecule has 1 N–H and O–H groups in total. The van der Waals surface area contributed by atoms with Gasteiger partial charge in [0.2, 0.25) is 5.91 Å². The molecule has 0 unspecified atom stereocenters.